The fraction of sp³-hybridized carbons (Fsp3) is 0.333. The standard InChI is InChI=1S/C12H14O7/c1-18-8-4-2-7(3-5-8)6-19-12(17)10(14)9(13)11(15)16/h2-5,9-10,13-14H,6H2,1H3,(H,15,16). The van der Waals surface area contributed by atoms with Crippen LogP contribution in [0, 0.1) is 0 Å². The summed E-state index contributed by atoms with van der Waals surface area (Å²) in [4.78, 5) is 21.6. The van der Waals surface area contributed by atoms with Crippen molar-refractivity contribution in [1.82, 2.24) is 0 Å². The maximum absolute atomic E-state index is 11.3. The van der Waals surface area contributed by atoms with Crippen LogP contribution in [0.2, 0.25) is 0 Å². The van der Waals surface area contributed by atoms with Crippen LogP contribution in [0.5, 0.6) is 5.75 Å². The van der Waals surface area contributed by atoms with Crippen LogP contribution in [-0.2, 0) is 20.9 Å². The molecule has 7 heteroatoms. The van der Waals surface area contributed by atoms with Gasteiger partial charge in [0, 0.05) is 0 Å². The number of esters is 1. The van der Waals surface area contributed by atoms with Gasteiger partial charge in [-0.15, -0.1) is 0 Å². The summed E-state index contributed by atoms with van der Waals surface area (Å²) < 4.78 is 9.63. The van der Waals surface area contributed by atoms with E-state index in [-0.39, 0.29) is 6.61 Å². The molecule has 0 saturated heterocycles. The number of hydrogen-bond acceptors (Lipinski definition) is 6. The van der Waals surface area contributed by atoms with Gasteiger partial charge in [0.15, 0.2) is 12.2 Å². The van der Waals surface area contributed by atoms with Crippen molar-refractivity contribution in [2.45, 2.75) is 18.8 Å². The van der Waals surface area contributed by atoms with Crippen molar-refractivity contribution in [3.05, 3.63) is 29.8 Å². The summed E-state index contributed by atoms with van der Waals surface area (Å²) in [6.45, 7) is -0.147. The molecule has 1 aromatic carbocycles. The Balaban J connectivity index is 2.51. The maximum atomic E-state index is 11.3. The van der Waals surface area contributed by atoms with Crippen molar-refractivity contribution in [2.24, 2.45) is 0 Å². The second kappa shape index (κ2) is 6.72. The predicted molar refractivity (Wildman–Crippen MR) is 62.4 cm³/mol. The van der Waals surface area contributed by atoms with E-state index in [1.54, 1.807) is 24.3 Å². The van der Waals surface area contributed by atoms with Crippen molar-refractivity contribution >= 4 is 11.9 Å². The number of methoxy groups -OCH3 is 1. The van der Waals surface area contributed by atoms with Gasteiger partial charge in [-0.05, 0) is 17.7 Å². The van der Waals surface area contributed by atoms with Crippen LogP contribution in [-0.4, -0.2) is 46.6 Å². The van der Waals surface area contributed by atoms with E-state index >= 15 is 0 Å². The zero-order chi connectivity index (χ0) is 14.4. The average molecular weight is 270 g/mol. The minimum absolute atomic E-state index is 0.147. The van der Waals surface area contributed by atoms with Crippen LogP contribution in [0.3, 0.4) is 0 Å². The highest BCUT2D eigenvalue weighted by molar-refractivity contribution is 5.84. The van der Waals surface area contributed by atoms with E-state index in [0.717, 1.165) is 0 Å². The van der Waals surface area contributed by atoms with Crippen molar-refractivity contribution < 1.29 is 34.4 Å². The van der Waals surface area contributed by atoms with Crippen LogP contribution in [0.25, 0.3) is 0 Å². The SMILES string of the molecule is COc1ccc(COC(=O)C(O)C(O)C(=O)O)cc1. The average Bonchev–Trinajstić information content (AvgIpc) is 2.43. The van der Waals surface area contributed by atoms with Gasteiger partial charge in [0.25, 0.3) is 0 Å². The van der Waals surface area contributed by atoms with Gasteiger partial charge >= 0.3 is 11.9 Å². The Morgan fingerprint density at radius 3 is 2.21 bits per heavy atom. The van der Waals surface area contributed by atoms with Crippen LogP contribution < -0.4 is 4.74 Å². The lowest BCUT2D eigenvalue weighted by molar-refractivity contribution is -0.170. The highest BCUT2D eigenvalue weighted by Crippen LogP contribution is 2.12. The Labute approximate surface area is 109 Å². The Morgan fingerprint density at radius 1 is 1.16 bits per heavy atom. The third-order valence-electron chi connectivity index (χ3n) is 2.33. The number of benzene rings is 1. The van der Waals surface area contributed by atoms with E-state index in [4.69, 9.17) is 14.9 Å². The van der Waals surface area contributed by atoms with Crippen LogP contribution in [0.15, 0.2) is 24.3 Å². The second-order valence-electron chi connectivity index (χ2n) is 3.68. The number of rotatable bonds is 6. The topological polar surface area (TPSA) is 113 Å². The third kappa shape index (κ3) is 4.23. The first-order chi connectivity index (χ1) is 8.95. The zero-order valence-electron chi connectivity index (χ0n) is 10.1. The van der Waals surface area contributed by atoms with Gasteiger partial charge in [-0.3, -0.25) is 0 Å². The minimum atomic E-state index is -2.21. The van der Waals surface area contributed by atoms with Crippen molar-refractivity contribution in [3.63, 3.8) is 0 Å². The number of aliphatic carboxylic acids is 1. The summed E-state index contributed by atoms with van der Waals surface area (Å²) in [7, 11) is 1.51. The van der Waals surface area contributed by atoms with Gasteiger partial charge in [0.2, 0.25) is 0 Å². The zero-order valence-corrected chi connectivity index (χ0v) is 10.1. The van der Waals surface area contributed by atoms with Crippen molar-refractivity contribution in [1.29, 1.82) is 0 Å². The van der Waals surface area contributed by atoms with Gasteiger partial charge in [-0.1, -0.05) is 12.1 Å². The molecule has 3 N–H and O–H groups in total. The van der Waals surface area contributed by atoms with Gasteiger partial charge < -0.3 is 24.8 Å². The first kappa shape index (κ1) is 14.9. The molecule has 2 unspecified atom stereocenters. The highest BCUT2D eigenvalue weighted by atomic mass is 16.6. The van der Waals surface area contributed by atoms with Crippen LogP contribution in [0.4, 0.5) is 0 Å². The molecule has 0 aromatic heterocycles. The van der Waals surface area contributed by atoms with Gasteiger partial charge in [0.05, 0.1) is 7.11 Å². The molecule has 0 aliphatic carbocycles. The number of carboxylic acids is 1. The molecule has 0 fully saturated rings. The molecule has 7 nitrogen and oxygen atoms in total. The fourth-order valence-electron chi connectivity index (χ4n) is 1.23. The number of carbonyl (C=O) groups is 2. The van der Waals surface area contributed by atoms with E-state index in [2.05, 4.69) is 4.74 Å². The van der Waals surface area contributed by atoms with Crippen LogP contribution >= 0.6 is 0 Å². The smallest absolute Gasteiger partial charge is 0.338 e. The molecule has 0 aliphatic heterocycles. The summed E-state index contributed by atoms with van der Waals surface area (Å²) in [5.41, 5.74) is 0.631. The number of hydrogen-bond donors (Lipinski definition) is 3. The maximum Gasteiger partial charge on any atom is 0.338 e. The van der Waals surface area contributed by atoms with E-state index < -0.39 is 24.1 Å². The normalized spacial score (nSPS) is 13.4. The van der Waals surface area contributed by atoms with E-state index in [9.17, 15) is 14.7 Å². The van der Waals surface area contributed by atoms with Gasteiger partial charge in [0.1, 0.15) is 12.4 Å². The molecule has 1 rings (SSSR count). The largest absolute Gasteiger partial charge is 0.497 e. The molecule has 0 radical (unpaired) electrons. The molecule has 0 spiro atoms. The number of ether oxygens (including phenoxy) is 2. The lowest BCUT2D eigenvalue weighted by Crippen LogP contribution is -2.40. The lowest BCUT2D eigenvalue weighted by Gasteiger charge is -2.13. The molecule has 1 aromatic rings. The van der Waals surface area contributed by atoms with E-state index in [1.165, 1.54) is 7.11 Å². The Morgan fingerprint density at radius 2 is 1.74 bits per heavy atom. The number of carboxylic acid groups (broad SMARTS) is 1. The predicted octanol–water partition coefficient (Wildman–Crippen LogP) is -0.455. The summed E-state index contributed by atoms with van der Waals surface area (Å²) in [6, 6.07) is 6.61. The molecule has 0 bridgehead atoms. The lowest BCUT2D eigenvalue weighted by atomic mass is 10.2. The van der Waals surface area contributed by atoms with Crippen molar-refractivity contribution in [3.8, 4) is 5.75 Å². The Kier molecular flexibility index (Phi) is 5.28. The molecular weight excluding hydrogens is 256 g/mol. The molecule has 0 aliphatic rings. The molecule has 0 heterocycles. The minimum Gasteiger partial charge on any atom is -0.497 e. The third-order valence-corrected chi connectivity index (χ3v) is 2.33. The fourth-order valence-corrected chi connectivity index (χ4v) is 1.23. The van der Waals surface area contributed by atoms with Crippen LogP contribution in [0.1, 0.15) is 5.56 Å². The first-order valence-electron chi connectivity index (χ1n) is 5.34. The molecule has 0 amide bonds. The summed E-state index contributed by atoms with van der Waals surface area (Å²) in [5.74, 6) is -2.27. The Bertz CT molecular complexity index is 440. The van der Waals surface area contributed by atoms with E-state index in [0.29, 0.717) is 11.3 Å². The summed E-state index contributed by atoms with van der Waals surface area (Å²) in [5, 5.41) is 26.6. The molecule has 2 atom stereocenters. The summed E-state index contributed by atoms with van der Waals surface area (Å²) >= 11 is 0. The molecule has 19 heavy (non-hydrogen) atoms. The first-order valence-corrected chi connectivity index (χ1v) is 5.34. The van der Waals surface area contributed by atoms with Crippen molar-refractivity contribution in [2.75, 3.05) is 7.11 Å². The second-order valence-corrected chi connectivity index (χ2v) is 3.68. The van der Waals surface area contributed by atoms with Gasteiger partial charge in [-0.25, -0.2) is 9.59 Å². The number of aliphatic hydroxyl groups is 2. The van der Waals surface area contributed by atoms with Gasteiger partial charge in [-0.2, -0.15) is 0 Å². The molecule has 0 saturated carbocycles. The number of aliphatic hydroxyl groups excluding tert-OH is 2. The monoisotopic (exact) mass is 270 g/mol. The highest BCUT2D eigenvalue weighted by Gasteiger charge is 2.31. The molecule has 104 valence electrons. The Hall–Kier alpha value is -2.12. The number of carbonyl (C=O) groups excluding carboxylic acids is 1. The molecular formula is C12H14O7. The van der Waals surface area contributed by atoms with E-state index in [1.807, 2.05) is 0 Å². The quantitative estimate of drug-likeness (QED) is 0.599. The summed E-state index contributed by atoms with van der Waals surface area (Å²) in [6.07, 6.45) is -4.32.